The van der Waals surface area contributed by atoms with Gasteiger partial charge in [0.15, 0.2) is 0 Å². The molecular formula is C20H18NOP. The van der Waals surface area contributed by atoms with E-state index in [1.165, 1.54) is 22.8 Å². The third-order valence-electron chi connectivity index (χ3n) is 3.47. The number of rotatable bonds is 4. The van der Waals surface area contributed by atoms with Crippen molar-refractivity contribution in [3.8, 4) is 0 Å². The number of hydrogen-bond acceptors (Lipinski definition) is 1. The molecule has 0 bridgehead atoms. The van der Waals surface area contributed by atoms with Gasteiger partial charge in [0.2, 0.25) is 5.91 Å². The van der Waals surface area contributed by atoms with Gasteiger partial charge in [-0.05, 0) is 36.0 Å². The Hall–Kier alpha value is -2.44. The number of anilines is 1. The lowest BCUT2D eigenvalue weighted by atomic mass is 10.3. The molecule has 3 heteroatoms. The molecule has 3 rings (SSSR count). The molecule has 0 spiro atoms. The van der Waals surface area contributed by atoms with Crippen LogP contribution in [0.5, 0.6) is 0 Å². The zero-order chi connectivity index (χ0) is 16.1. The molecule has 0 aliphatic heterocycles. The van der Waals surface area contributed by atoms with Gasteiger partial charge in [0.05, 0.1) is 0 Å². The molecule has 23 heavy (non-hydrogen) atoms. The summed E-state index contributed by atoms with van der Waals surface area (Å²) in [6, 6.07) is 29.3. The van der Waals surface area contributed by atoms with Crippen LogP contribution in [-0.4, -0.2) is 5.91 Å². The maximum absolute atomic E-state index is 11.2. The van der Waals surface area contributed by atoms with Crippen molar-refractivity contribution < 1.29 is 4.79 Å². The largest absolute Gasteiger partial charge is 0.326 e. The Kier molecular flexibility index (Phi) is 4.85. The van der Waals surface area contributed by atoms with Crippen molar-refractivity contribution in [2.24, 2.45) is 0 Å². The zero-order valence-electron chi connectivity index (χ0n) is 12.9. The highest BCUT2D eigenvalue weighted by Gasteiger charge is 2.15. The van der Waals surface area contributed by atoms with Crippen molar-refractivity contribution in [2.75, 3.05) is 5.32 Å². The standard InChI is InChI=1S/C20H18NOP/c1-16(22)21-17-12-14-20(15-13-17)23(18-8-4-2-5-9-18)19-10-6-3-7-11-19/h2-15H,1H3,(H,21,22). The molecule has 1 N–H and O–H groups in total. The Morgan fingerprint density at radius 2 is 1.13 bits per heavy atom. The van der Waals surface area contributed by atoms with Crippen molar-refractivity contribution in [3.63, 3.8) is 0 Å². The highest BCUT2D eigenvalue weighted by molar-refractivity contribution is 7.79. The molecule has 0 aromatic heterocycles. The molecule has 1 amide bonds. The van der Waals surface area contributed by atoms with E-state index >= 15 is 0 Å². The number of hydrogen-bond donors (Lipinski definition) is 1. The van der Waals surface area contributed by atoms with Gasteiger partial charge in [0, 0.05) is 12.6 Å². The first kappa shape index (κ1) is 15.5. The molecule has 3 aromatic rings. The monoisotopic (exact) mass is 319 g/mol. The fourth-order valence-corrected chi connectivity index (χ4v) is 4.78. The van der Waals surface area contributed by atoms with Gasteiger partial charge >= 0.3 is 0 Å². The molecule has 0 aliphatic carbocycles. The predicted octanol–water partition coefficient (Wildman–Crippen LogP) is 3.40. The molecule has 2 nitrogen and oxygen atoms in total. The maximum Gasteiger partial charge on any atom is 0.221 e. The van der Waals surface area contributed by atoms with Crippen LogP contribution in [0.15, 0.2) is 84.9 Å². The van der Waals surface area contributed by atoms with E-state index in [1.54, 1.807) is 0 Å². The summed E-state index contributed by atoms with van der Waals surface area (Å²) >= 11 is 0. The lowest BCUT2D eigenvalue weighted by molar-refractivity contribution is -0.114. The number of benzene rings is 3. The van der Waals surface area contributed by atoms with Crippen LogP contribution in [0.25, 0.3) is 0 Å². The van der Waals surface area contributed by atoms with Crippen LogP contribution in [0.3, 0.4) is 0 Å². The Labute approximate surface area is 137 Å². The Morgan fingerprint density at radius 3 is 1.57 bits per heavy atom. The average Bonchev–Trinajstić information content (AvgIpc) is 2.58. The highest BCUT2D eigenvalue weighted by atomic mass is 31.1. The van der Waals surface area contributed by atoms with Crippen LogP contribution in [-0.2, 0) is 4.79 Å². The van der Waals surface area contributed by atoms with Gasteiger partial charge < -0.3 is 5.32 Å². The molecule has 0 atom stereocenters. The summed E-state index contributed by atoms with van der Waals surface area (Å²) in [6.45, 7) is 1.52. The first-order valence-electron chi connectivity index (χ1n) is 7.52. The lowest BCUT2D eigenvalue weighted by Crippen LogP contribution is -2.20. The van der Waals surface area contributed by atoms with E-state index in [-0.39, 0.29) is 5.91 Å². The van der Waals surface area contributed by atoms with Crippen molar-refractivity contribution in [1.29, 1.82) is 0 Å². The lowest BCUT2D eigenvalue weighted by Gasteiger charge is -2.19. The number of carbonyl (C=O) groups is 1. The SMILES string of the molecule is CC(=O)Nc1ccc(P(c2ccccc2)c2ccccc2)cc1. The molecule has 0 aliphatic rings. The van der Waals surface area contributed by atoms with E-state index in [1.807, 2.05) is 24.3 Å². The van der Waals surface area contributed by atoms with Crippen molar-refractivity contribution in [1.82, 2.24) is 0 Å². The van der Waals surface area contributed by atoms with Crippen LogP contribution in [0.1, 0.15) is 6.92 Å². The quantitative estimate of drug-likeness (QED) is 0.734. The van der Waals surface area contributed by atoms with E-state index in [0.29, 0.717) is 0 Å². The summed E-state index contributed by atoms with van der Waals surface area (Å²) in [5.74, 6) is -0.0499. The molecule has 0 fully saturated rings. The molecule has 114 valence electrons. The van der Waals surface area contributed by atoms with Crippen molar-refractivity contribution in [2.45, 2.75) is 6.92 Å². The molecule has 0 saturated heterocycles. The maximum atomic E-state index is 11.2. The number of amides is 1. The summed E-state index contributed by atoms with van der Waals surface area (Å²) in [4.78, 5) is 11.2. The van der Waals surface area contributed by atoms with Gasteiger partial charge in [-0.25, -0.2) is 0 Å². The molecule has 0 unspecified atom stereocenters. The summed E-state index contributed by atoms with van der Waals surface area (Å²) in [6.07, 6.45) is 0. The summed E-state index contributed by atoms with van der Waals surface area (Å²) < 4.78 is 0. The van der Waals surface area contributed by atoms with Gasteiger partial charge in [-0.2, -0.15) is 0 Å². The van der Waals surface area contributed by atoms with Crippen LogP contribution in [0, 0.1) is 0 Å². The van der Waals surface area contributed by atoms with E-state index < -0.39 is 7.92 Å². The first-order chi connectivity index (χ1) is 11.2. The van der Waals surface area contributed by atoms with E-state index in [4.69, 9.17) is 0 Å². The molecule has 0 heterocycles. The minimum absolute atomic E-state index is 0.0499. The normalized spacial score (nSPS) is 10.5. The summed E-state index contributed by atoms with van der Waals surface area (Å²) in [5, 5.41) is 6.73. The number of carbonyl (C=O) groups excluding carboxylic acids is 1. The van der Waals surface area contributed by atoms with E-state index in [2.05, 4.69) is 66.0 Å². The van der Waals surface area contributed by atoms with Gasteiger partial charge in [-0.3, -0.25) is 4.79 Å². The summed E-state index contributed by atoms with van der Waals surface area (Å²) in [5.41, 5.74) is 0.831. The van der Waals surface area contributed by atoms with Crippen LogP contribution in [0.2, 0.25) is 0 Å². The molecule has 3 aromatic carbocycles. The second-order valence-corrected chi connectivity index (χ2v) is 7.45. The molecule has 0 radical (unpaired) electrons. The second-order valence-electron chi connectivity index (χ2n) is 5.23. The Balaban J connectivity index is 2.00. The second kappa shape index (κ2) is 7.21. The topological polar surface area (TPSA) is 29.1 Å². The Bertz CT molecular complexity index is 730. The third-order valence-corrected chi connectivity index (χ3v) is 5.92. The summed E-state index contributed by atoms with van der Waals surface area (Å²) in [7, 11) is -0.591. The minimum atomic E-state index is -0.591. The Morgan fingerprint density at radius 1 is 0.696 bits per heavy atom. The average molecular weight is 319 g/mol. The van der Waals surface area contributed by atoms with Gasteiger partial charge in [0.25, 0.3) is 0 Å². The van der Waals surface area contributed by atoms with E-state index in [9.17, 15) is 4.79 Å². The van der Waals surface area contributed by atoms with Crippen LogP contribution >= 0.6 is 7.92 Å². The fourth-order valence-electron chi connectivity index (χ4n) is 2.50. The van der Waals surface area contributed by atoms with Crippen molar-refractivity contribution >= 4 is 35.4 Å². The molecule has 0 saturated carbocycles. The van der Waals surface area contributed by atoms with Crippen LogP contribution in [0.4, 0.5) is 5.69 Å². The van der Waals surface area contributed by atoms with Crippen molar-refractivity contribution in [3.05, 3.63) is 84.9 Å². The molecular weight excluding hydrogens is 301 g/mol. The van der Waals surface area contributed by atoms with Crippen LogP contribution < -0.4 is 21.2 Å². The first-order valence-corrected chi connectivity index (χ1v) is 8.86. The minimum Gasteiger partial charge on any atom is -0.326 e. The van der Waals surface area contributed by atoms with E-state index in [0.717, 1.165) is 5.69 Å². The predicted molar refractivity (Wildman–Crippen MR) is 99.5 cm³/mol. The smallest absolute Gasteiger partial charge is 0.221 e. The highest BCUT2D eigenvalue weighted by Crippen LogP contribution is 2.32. The zero-order valence-corrected chi connectivity index (χ0v) is 13.8. The fraction of sp³-hybridized carbons (Fsp3) is 0.0500. The number of nitrogens with one attached hydrogen (secondary N) is 1. The van der Waals surface area contributed by atoms with Gasteiger partial charge in [0.1, 0.15) is 0 Å². The third kappa shape index (κ3) is 3.85. The van der Waals surface area contributed by atoms with Gasteiger partial charge in [-0.15, -0.1) is 0 Å². The van der Waals surface area contributed by atoms with Gasteiger partial charge in [-0.1, -0.05) is 72.8 Å².